The predicted octanol–water partition coefficient (Wildman–Crippen LogP) is 1.79. The normalized spacial score (nSPS) is 10.5. The molecule has 2 nitrogen and oxygen atoms in total. The molecule has 0 aliphatic rings. The van der Waals surface area contributed by atoms with E-state index in [0.29, 0.717) is 12.1 Å². The summed E-state index contributed by atoms with van der Waals surface area (Å²) >= 11 is 0. The Balaban J connectivity index is 2.59. The predicted molar refractivity (Wildman–Crippen MR) is 72.2 cm³/mol. The Hall–Kier alpha value is -2.25. The van der Waals surface area contributed by atoms with Gasteiger partial charge in [-0.1, -0.05) is 0 Å². The fraction of sp³-hybridized carbons (Fsp3) is 0.143. The maximum Gasteiger partial charge on any atom is 0.209 e. The van der Waals surface area contributed by atoms with Crippen LogP contribution in [0.2, 0.25) is 0 Å². The molecule has 0 fully saturated rings. The third-order valence-electron chi connectivity index (χ3n) is 3.13. The zero-order valence-electron chi connectivity index (χ0n) is 11.6. The van der Waals surface area contributed by atoms with Gasteiger partial charge in [0.2, 0.25) is 7.28 Å². The van der Waals surface area contributed by atoms with Crippen LogP contribution in [0, 0.1) is 29.1 Å². The van der Waals surface area contributed by atoms with Gasteiger partial charge in [0.15, 0.2) is 23.2 Å². The van der Waals surface area contributed by atoms with E-state index in [0.717, 1.165) is 20.3 Å². The largest absolute Gasteiger partial charge is 0.497 e. The van der Waals surface area contributed by atoms with Gasteiger partial charge in [0.05, 0.1) is 14.2 Å². The van der Waals surface area contributed by atoms with Crippen LogP contribution in [0.5, 0.6) is 11.5 Å². The van der Waals surface area contributed by atoms with Crippen LogP contribution >= 0.6 is 0 Å². The van der Waals surface area contributed by atoms with Crippen LogP contribution in [0.4, 0.5) is 22.0 Å². The molecule has 0 aliphatic heterocycles. The Morgan fingerprint density at radius 1 is 0.727 bits per heavy atom. The van der Waals surface area contributed by atoms with Crippen LogP contribution in [0.15, 0.2) is 18.2 Å². The van der Waals surface area contributed by atoms with Gasteiger partial charge in [0.25, 0.3) is 0 Å². The van der Waals surface area contributed by atoms with Crippen LogP contribution in [0.25, 0.3) is 0 Å². The lowest BCUT2D eigenvalue weighted by molar-refractivity contribution is 0.379. The molecule has 2 rings (SSSR count). The third kappa shape index (κ3) is 2.86. The Morgan fingerprint density at radius 3 is 1.95 bits per heavy atom. The molecule has 0 radical (unpaired) electrons. The van der Waals surface area contributed by atoms with Crippen molar-refractivity contribution in [3.63, 3.8) is 0 Å². The smallest absolute Gasteiger partial charge is 0.209 e. The number of benzene rings is 2. The van der Waals surface area contributed by atoms with Crippen molar-refractivity contribution in [1.82, 2.24) is 0 Å². The van der Waals surface area contributed by atoms with Gasteiger partial charge in [-0.25, -0.2) is 22.0 Å². The Morgan fingerprint density at radius 2 is 1.36 bits per heavy atom. The number of methoxy groups -OCH3 is 2. The van der Waals surface area contributed by atoms with Gasteiger partial charge in [-0.2, -0.15) is 0 Å². The number of hydrogen-bond donors (Lipinski definition) is 0. The van der Waals surface area contributed by atoms with Gasteiger partial charge in [0.1, 0.15) is 17.4 Å². The third-order valence-corrected chi connectivity index (χ3v) is 3.13. The van der Waals surface area contributed by atoms with Crippen molar-refractivity contribution in [1.29, 1.82) is 0 Å². The molecule has 8 heteroatoms. The molecule has 0 aliphatic carbocycles. The van der Waals surface area contributed by atoms with E-state index in [1.54, 1.807) is 0 Å². The number of hydrogen-bond acceptors (Lipinski definition) is 2. The standard InChI is InChI=1S/C14H10BF5O2/c1-21-9-4-6(16)3-7(17)11(9)15-12-13(19)8(18)5-10(22-2)14(12)20/h3-5,15H,1-2H3. The van der Waals surface area contributed by atoms with Crippen molar-refractivity contribution >= 4 is 18.2 Å². The molecule has 0 saturated carbocycles. The van der Waals surface area contributed by atoms with E-state index in [1.165, 1.54) is 0 Å². The van der Waals surface area contributed by atoms with E-state index >= 15 is 0 Å². The maximum absolute atomic E-state index is 14.1. The fourth-order valence-corrected chi connectivity index (χ4v) is 2.05. The average molecular weight is 316 g/mol. The summed E-state index contributed by atoms with van der Waals surface area (Å²) in [6, 6.07) is 1.96. The summed E-state index contributed by atoms with van der Waals surface area (Å²) in [5, 5.41) is 0. The van der Waals surface area contributed by atoms with Crippen molar-refractivity contribution in [2.75, 3.05) is 14.2 Å². The maximum atomic E-state index is 14.1. The molecule has 116 valence electrons. The van der Waals surface area contributed by atoms with E-state index < -0.39 is 47.6 Å². The van der Waals surface area contributed by atoms with Crippen LogP contribution in [-0.4, -0.2) is 21.5 Å². The van der Waals surface area contributed by atoms with Crippen molar-refractivity contribution in [3.8, 4) is 11.5 Å². The zero-order valence-corrected chi connectivity index (χ0v) is 11.6. The SMILES string of the molecule is COc1cc(F)c(F)c(Bc2c(F)cc(F)cc2OC)c1F. The molecule has 0 bridgehead atoms. The average Bonchev–Trinajstić information content (AvgIpc) is 2.48. The molecule has 22 heavy (non-hydrogen) atoms. The Labute approximate surface area is 123 Å². The first-order valence-corrected chi connectivity index (χ1v) is 6.11. The molecule has 0 N–H and O–H groups in total. The van der Waals surface area contributed by atoms with Crippen LogP contribution in [0.1, 0.15) is 0 Å². The zero-order chi connectivity index (χ0) is 16.4. The number of halogens is 5. The first-order valence-electron chi connectivity index (χ1n) is 6.11. The summed E-state index contributed by atoms with van der Waals surface area (Å²) in [6.07, 6.45) is 0. The van der Waals surface area contributed by atoms with Gasteiger partial charge >= 0.3 is 0 Å². The molecular weight excluding hydrogens is 306 g/mol. The van der Waals surface area contributed by atoms with E-state index in [1.807, 2.05) is 0 Å². The molecule has 0 heterocycles. The Kier molecular flexibility index (Phi) is 4.58. The van der Waals surface area contributed by atoms with Crippen LogP contribution in [-0.2, 0) is 0 Å². The lowest BCUT2D eigenvalue weighted by Gasteiger charge is -2.12. The highest BCUT2D eigenvalue weighted by molar-refractivity contribution is 6.68. The first-order chi connectivity index (χ1) is 10.4. The fourth-order valence-electron chi connectivity index (χ4n) is 2.05. The minimum Gasteiger partial charge on any atom is -0.497 e. The van der Waals surface area contributed by atoms with E-state index in [-0.39, 0.29) is 11.2 Å². The minimum atomic E-state index is -1.47. The van der Waals surface area contributed by atoms with Crippen molar-refractivity contribution in [2.45, 2.75) is 0 Å². The molecule has 2 aromatic rings. The molecule has 0 spiro atoms. The van der Waals surface area contributed by atoms with Crippen molar-refractivity contribution in [3.05, 3.63) is 47.3 Å². The summed E-state index contributed by atoms with van der Waals surface area (Å²) in [7, 11) is 1.57. The molecule has 2 aromatic carbocycles. The second kappa shape index (κ2) is 6.25. The van der Waals surface area contributed by atoms with Crippen LogP contribution in [0.3, 0.4) is 0 Å². The second-order valence-corrected chi connectivity index (χ2v) is 4.41. The highest BCUT2D eigenvalue weighted by atomic mass is 19.2. The van der Waals surface area contributed by atoms with Crippen molar-refractivity contribution in [2.24, 2.45) is 0 Å². The van der Waals surface area contributed by atoms with Gasteiger partial charge in [-0.05, 0) is 10.9 Å². The summed E-state index contributed by atoms with van der Waals surface area (Å²) in [6.45, 7) is 0. The second-order valence-electron chi connectivity index (χ2n) is 4.41. The van der Waals surface area contributed by atoms with E-state index in [4.69, 9.17) is 4.74 Å². The molecular formula is C14H10BF5O2. The summed E-state index contributed by atoms with van der Waals surface area (Å²) in [5.74, 6) is -6.68. The van der Waals surface area contributed by atoms with Gasteiger partial charge < -0.3 is 9.47 Å². The van der Waals surface area contributed by atoms with Gasteiger partial charge in [0, 0.05) is 18.2 Å². The molecule has 0 unspecified atom stereocenters. The summed E-state index contributed by atoms with van der Waals surface area (Å²) in [4.78, 5) is 0. The van der Waals surface area contributed by atoms with Gasteiger partial charge in [-0.15, -0.1) is 0 Å². The highest BCUT2D eigenvalue weighted by Crippen LogP contribution is 2.19. The summed E-state index contributed by atoms with van der Waals surface area (Å²) < 4.78 is 77.7. The van der Waals surface area contributed by atoms with E-state index in [9.17, 15) is 22.0 Å². The van der Waals surface area contributed by atoms with Crippen LogP contribution < -0.4 is 20.4 Å². The molecule has 0 aromatic heterocycles. The monoisotopic (exact) mass is 316 g/mol. The highest BCUT2D eigenvalue weighted by Gasteiger charge is 2.24. The molecule has 0 atom stereocenters. The lowest BCUT2D eigenvalue weighted by atomic mass is 9.62. The topological polar surface area (TPSA) is 18.5 Å². The minimum absolute atomic E-state index is 0.237. The molecule has 0 saturated heterocycles. The quantitative estimate of drug-likeness (QED) is 0.486. The van der Waals surface area contributed by atoms with Crippen molar-refractivity contribution < 1.29 is 31.4 Å². The molecule has 0 amide bonds. The van der Waals surface area contributed by atoms with Gasteiger partial charge in [-0.3, -0.25) is 0 Å². The summed E-state index contributed by atoms with van der Waals surface area (Å²) in [5.41, 5.74) is -1.03. The lowest BCUT2D eigenvalue weighted by Crippen LogP contribution is -2.36. The van der Waals surface area contributed by atoms with E-state index in [2.05, 4.69) is 4.74 Å². The first kappa shape index (κ1) is 16.1. The number of rotatable bonds is 4. The number of ether oxygens (including phenoxy) is 2. The Bertz CT molecular complexity index is 721.